The third kappa shape index (κ3) is 4.60. The van der Waals surface area contributed by atoms with Gasteiger partial charge in [-0.1, -0.05) is 13.8 Å². The van der Waals surface area contributed by atoms with Crippen LogP contribution >= 0.6 is 0 Å². The zero-order chi connectivity index (χ0) is 17.7. The summed E-state index contributed by atoms with van der Waals surface area (Å²) in [5.41, 5.74) is 4.02. The van der Waals surface area contributed by atoms with Crippen LogP contribution in [0.15, 0.2) is 24.3 Å². The number of aryl methyl sites for hydroxylation is 2. The van der Waals surface area contributed by atoms with Crippen molar-refractivity contribution in [2.45, 2.75) is 34.1 Å². The predicted octanol–water partition coefficient (Wildman–Crippen LogP) is 3.04. The Labute approximate surface area is 144 Å². The molecule has 0 bridgehead atoms. The molecule has 0 fully saturated rings. The minimum Gasteiger partial charge on any atom is -0.493 e. The van der Waals surface area contributed by atoms with Crippen LogP contribution in [0.5, 0.6) is 5.75 Å². The monoisotopic (exact) mass is 329 g/mol. The summed E-state index contributed by atoms with van der Waals surface area (Å²) in [6.07, 6.45) is 0.785. The van der Waals surface area contributed by atoms with Crippen LogP contribution in [-0.4, -0.2) is 28.8 Å². The first kappa shape index (κ1) is 18.0. The van der Waals surface area contributed by atoms with Crippen molar-refractivity contribution in [2.24, 2.45) is 13.0 Å². The van der Waals surface area contributed by atoms with E-state index in [1.807, 2.05) is 37.7 Å². The van der Waals surface area contributed by atoms with Gasteiger partial charge in [0, 0.05) is 24.8 Å². The third-order valence-corrected chi connectivity index (χ3v) is 4.02. The number of ether oxygens (including phenoxy) is 1. The number of aromatic nitrogens is 2. The van der Waals surface area contributed by atoms with E-state index in [9.17, 15) is 4.79 Å². The fourth-order valence-corrected chi connectivity index (χ4v) is 2.55. The first-order valence-corrected chi connectivity index (χ1v) is 8.38. The topological polar surface area (TPSA) is 56.2 Å². The van der Waals surface area contributed by atoms with Crippen LogP contribution in [0.1, 0.15) is 41.2 Å². The van der Waals surface area contributed by atoms with Crippen molar-refractivity contribution in [1.82, 2.24) is 15.1 Å². The van der Waals surface area contributed by atoms with Crippen LogP contribution in [-0.2, 0) is 13.5 Å². The molecule has 0 aliphatic rings. The lowest BCUT2D eigenvalue weighted by molar-refractivity contribution is 0.0954. The Hall–Kier alpha value is -2.30. The molecular formula is C19H27N3O2. The van der Waals surface area contributed by atoms with Crippen molar-refractivity contribution in [3.05, 3.63) is 46.8 Å². The summed E-state index contributed by atoms with van der Waals surface area (Å²) in [6.45, 7) is 9.53. The molecule has 0 aliphatic carbocycles. The molecule has 1 aromatic heterocycles. The molecule has 5 heteroatoms. The second-order valence-corrected chi connectivity index (χ2v) is 6.51. The minimum absolute atomic E-state index is 0.0652. The molecule has 0 unspecified atom stereocenters. The molecule has 0 aliphatic heterocycles. The summed E-state index contributed by atoms with van der Waals surface area (Å²) in [6, 6.07) is 7.27. The molecular weight excluding hydrogens is 302 g/mol. The van der Waals surface area contributed by atoms with E-state index in [1.165, 1.54) is 5.56 Å². The first-order valence-electron chi connectivity index (χ1n) is 8.38. The highest BCUT2D eigenvalue weighted by Crippen LogP contribution is 2.14. The maximum absolute atomic E-state index is 12.2. The zero-order valence-electron chi connectivity index (χ0n) is 15.2. The Kier molecular flexibility index (Phi) is 6.01. The van der Waals surface area contributed by atoms with Gasteiger partial charge in [-0.2, -0.15) is 5.10 Å². The molecule has 130 valence electrons. The van der Waals surface area contributed by atoms with E-state index in [4.69, 9.17) is 4.74 Å². The van der Waals surface area contributed by atoms with Gasteiger partial charge in [-0.15, -0.1) is 0 Å². The van der Waals surface area contributed by atoms with E-state index in [2.05, 4.69) is 24.3 Å². The second-order valence-electron chi connectivity index (χ2n) is 6.51. The number of benzene rings is 1. The molecule has 1 aromatic carbocycles. The third-order valence-electron chi connectivity index (χ3n) is 4.02. The number of amides is 1. The zero-order valence-corrected chi connectivity index (χ0v) is 15.2. The van der Waals surface area contributed by atoms with E-state index >= 15 is 0 Å². The van der Waals surface area contributed by atoms with Gasteiger partial charge in [0.2, 0.25) is 0 Å². The molecule has 0 atom stereocenters. The summed E-state index contributed by atoms with van der Waals surface area (Å²) in [5.74, 6) is 1.21. The summed E-state index contributed by atoms with van der Waals surface area (Å²) in [5, 5.41) is 7.36. The van der Waals surface area contributed by atoms with Crippen LogP contribution < -0.4 is 10.1 Å². The molecule has 24 heavy (non-hydrogen) atoms. The van der Waals surface area contributed by atoms with Gasteiger partial charge in [0.1, 0.15) is 5.75 Å². The van der Waals surface area contributed by atoms with Gasteiger partial charge in [0.05, 0.1) is 12.3 Å². The van der Waals surface area contributed by atoms with Crippen molar-refractivity contribution in [3.8, 4) is 5.75 Å². The largest absolute Gasteiger partial charge is 0.493 e. The molecule has 1 amide bonds. The van der Waals surface area contributed by atoms with E-state index < -0.39 is 0 Å². The molecule has 0 saturated heterocycles. The normalized spacial score (nSPS) is 10.9. The molecule has 1 heterocycles. The highest BCUT2D eigenvalue weighted by molar-refractivity contribution is 5.94. The number of nitrogens with zero attached hydrogens (tertiary/aromatic N) is 2. The van der Waals surface area contributed by atoms with Crippen LogP contribution in [0, 0.1) is 19.8 Å². The van der Waals surface area contributed by atoms with E-state index in [-0.39, 0.29) is 5.91 Å². The highest BCUT2D eigenvalue weighted by atomic mass is 16.5. The number of carbonyl (C=O) groups excluding carboxylic acids is 1. The maximum atomic E-state index is 12.2. The summed E-state index contributed by atoms with van der Waals surface area (Å²) in [4.78, 5) is 12.2. The summed E-state index contributed by atoms with van der Waals surface area (Å²) in [7, 11) is 1.94. The van der Waals surface area contributed by atoms with Gasteiger partial charge in [-0.3, -0.25) is 9.48 Å². The Morgan fingerprint density at radius 1 is 1.25 bits per heavy atom. The molecule has 0 saturated carbocycles. The van der Waals surface area contributed by atoms with Gasteiger partial charge in [0.25, 0.3) is 5.91 Å². The van der Waals surface area contributed by atoms with E-state index in [1.54, 1.807) is 12.1 Å². The molecule has 0 radical (unpaired) electrons. The fraction of sp³-hybridized carbons (Fsp3) is 0.474. The van der Waals surface area contributed by atoms with Crippen LogP contribution in [0.25, 0.3) is 0 Å². The highest BCUT2D eigenvalue weighted by Gasteiger charge is 2.10. The van der Waals surface area contributed by atoms with Gasteiger partial charge < -0.3 is 10.1 Å². The number of hydrogen-bond donors (Lipinski definition) is 1. The van der Waals surface area contributed by atoms with Gasteiger partial charge >= 0.3 is 0 Å². The Bertz CT molecular complexity index is 687. The summed E-state index contributed by atoms with van der Waals surface area (Å²) < 4.78 is 7.51. The van der Waals surface area contributed by atoms with Crippen molar-refractivity contribution < 1.29 is 9.53 Å². The Morgan fingerprint density at radius 3 is 2.46 bits per heavy atom. The second kappa shape index (κ2) is 7.99. The van der Waals surface area contributed by atoms with Crippen molar-refractivity contribution >= 4 is 5.91 Å². The Morgan fingerprint density at radius 2 is 1.92 bits per heavy atom. The lowest BCUT2D eigenvalue weighted by Crippen LogP contribution is -2.25. The SMILES string of the molecule is Cc1nn(C)c(C)c1CCNC(=O)c1ccc(OCC(C)C)cc1. The first-order chi connectivity index (χ1) is 11.4. The maximum Gasteiger partial charge on any atom is 0.251 e. The quantitative estimate of drug-likeness (QED) is 0.849. The van der Waals surface area contributed by atoms with E-state index in [0.29, 0.717) is 24.6 Å². The number of nitrogens with one attached hydrogen (secondary N) is 1. The van der Waals surface area contributed by atoms with E-state index in [0.717, 1.165) is 23.6 Å². The summed E-state index contributed by atoms with van der Waals surface area (Å²) >= 11 is 0. The lowest BCUT2D eigenvalue weighted by atomic mass is 10.1. The average Bonchev–Trinajstić information content (AvgIpc) is 2.79. The molecule has 2 aromatic rings. The smallest absolute Gasteiger partial charge is 0.251 e. The molecule has 1 N–H and O–H groups in total. The minimum atomic E-state index is -0.0652. The molecule has 0 spiro atoms. The van der Waals surface area contributed by atoms with Crippen LogP contribution in [0.2, 0.25) is 0 Å². The lowest BCUT2D eigenvalue weighted by Gasteiger charge is -2.09. The Balaban J connectivity index is 1.86. The van der Waals surface area contributed by atoms with Crippen LogP contribution in [0.4, 0.5) is 0 Å². The fourth-order valence-electron chi connectivity index (χ4n) is 2.55. The predicted molar refractivity (Wildman–Crippen MR) is 95.5 cm³/mol. The number of carbonyl (C=O) groups is 1. The van der Waals surface area contributed by atoms with Crippen molar-refractivity contribution in [3.63, 3.8) is 0 Å². The standard InChI is InChI=1S/C19H27N3O2/c1-13(2)12-24-17-8-6-16(7-9-17)19(23)20-11-10-18-14(3)21-22(5)15(18)4/h6-9,13H,10-12H2,1-5H3,(H,20,23). The number of rotatable bonds is 7. The molecule has 5 nitrogen and oxygen atoms in total. The van der Waals surface area contributed by atoms with Gasteiger partial charge in [-0.05, 0) is 56.0 Å². The van der Waals surface area contributed by atoms with Gasteiger partial charge in [-0.25, -0.2) is 0 Å². The van der Waals surface area contributed by atoms with Crippen LogP contribution in [0.3, 0.4) is 0 Å². The average molecular weight is 329 g/mol. The van der Waals surface area contributed by atoms with Gasteiger partial charge in [0.15, 0.2) is 0 Å². The molecule has 2 rings (SSSR count). The number of hydrogen-bond acceptors (Lipinski definition) is 3. The van der Waals surface area contributed by atoms with Crippen molar-refractivity contribution in [1.29, 1.82) is 0 Å². The van der Waals surface area contributed by atoms with Crippen molar-refractivity contribution in [2.75, 3.05) is 13.2 Å².